The summed E-state index contributed by atoms with van der Waals surface area (Å²) in [6, 6.07) is 12.5. The summed E-state index contributed by atoms with van der Waals surface area (Å²) in [6.07, 6.45) is 2.33. The van der Waals surface area contributed by atoms with E-state index < -0.39 is 15.8 Å². The monoisotopic (exact) mass is 488 g/mol. The van der Waals surface area contributed by atoms with Crippen molar-refractivity contribution in [2.75, 3.05) is 26.2 Å². The van der Waals surface area contributed by atoms with Gasteiger partial charge in [-0.05, 0) is 49.6 Å². The molecule has 2 aromatic carbocycles. The lowest BCUT2D eigenvalue weighted by Gasteiger charge is -2.33. The van der Waals surface area contributed by atoms with E-state index in [2.05, 4.69) is 5.10 Å². The lowest BCUT2D eigenvalue weighted by atomic mass is 10.1. The highest BCUT2D eigenvalue weighted by atomic mass is 35.5. The number of para-hydroxylation sites is 1. The van der Waals surface area contributed by atoms with Crippen LogP contribution in [0.25, 0.3) is 5.69 Å². The van der Waals surface area contributed by atoms with Gasteiger partial charge in [0.05, 0.1) is 4.90 Å². The molecule has 33 heavy (non-hydrogen) atoms. The fourth-order valence-corrected chi connectivity index (χ4v) is 6.21. The minimum atomic E-state index is -3.70. The summed E-state index contributed by atoms with van der Waals surface area (Å²) >= 11 is 5.96. The Labute approximate surface area is 196 Å². The van der Waals surface area contributed by atoms with E-state index in [-0.39, 0.29) is 37.0 Å². The van der Waals surface area contributed by atoms with Gasteiger partial charge in [-0.2, -0.15) is 9.40 Å². The molecule has 1 aliphatic heterocycles. The molecule has 7 nitrogen and oxygen atoms in total. The van der Waals surface area contributed by atoms with Crippen LogP contribution in [0.3, 0.4) is 0 Å². The number of carbonyl (C=O) groups is 1. The van der Waals surface area contributed by atoms with Gasteiger partial charge in [-0.1, -0.05) is 29.8 Å². The van der Waals surface area contributed by atoms with Crippen LogP contribution in [0.1, 0.15) is 28.2 Å². The summed E-state index contributed by atoms with van der Waals surface area (Å²) < 4.78 is 43.2. The molecule has 0 N–H and O–H groups in total. The first-order valence-corrected chi connectivity index (χ1v) is 12.6. The number of benzene rings is 2. The molecule has 172 valence electrons. The van der Waals surface area contributed by atoms with Gasteiger partial charge in [-0.25, -0.2) is 17.5 Å². The average Bonchev–Trinajstić information content (AvgIpc) is 3.42. The van der Waals surface area contributed by atoms with Crippen LogP contribution in [0, 0.1) is 5.82 Å². The Morgan fingerprint density at radius 2 is 1.76 bits per heavy atom. The Morgan fingerprint density at radius 1 is 1.00 bits per heavy atom. The SMILES string of the molecule is O=C(c1nn(-c2ccccc2F)c2c1CCC2)N1CCN(S(=O)(=O)c2cccc(Cl)c2)CC1. The molecule has 10 heteroatoms. The predicted octanol–water partition coefficient (Wildman–Crippen LogP) is 3.30. The summed E-state index contributed by atoms with van der Waals surface area (Å²) in [6.45, 7) is 0.855. The second kappa shape index (κ2) is 8.55. The number of amides is 1. The van der Waals surface area contributed by atoms with E-state index in [1.807, 2.05) is 0 Å². The summed E-state index contributed by atoms with van der Waals surface area (Å²) in [4.78, 5) is 15.1. The number of piperazine rings is 1. The van der Waals surface area contributed by atoms with Crippen molar-refractivity contribution in [3.8, 4) is 5.69 Å². The van der Waals surface area contributed by atoms with Crippen LogP contribution < -0.4 is 0 Å². The number of halogens is 2. The van der Waals surface area contributed by atoms with Crippen LogP contribution in [0.2, 0.25) is 5.02 Å². The summed E-state index contributed by atoms with van der Waals surface area (Å²) in [5.41, 5.74) is 2.38. The number of carbonyl (C=O) groups excluding carboxylic acids is 1. The standard InChI is InChI=1S/C23H22ClFN4O3S/c24-16-5-3-6-17(15-16)33(31,32)28-13-11-27(12-14-28)23(30)22-18-7-4-10-20(18)29(26-22)21-9-2-1-8-19(21)25/h1-3,5-6,8-9,15H,4,7,10-14H2. The van der Waals surface area contributed by atoms with Gasteiger partial charge in [0.2, 0.25) is 10.0 Å². The van der Waals surface area contributed by atoms with Crippen molar-refractivity contribution in [3.63, 3.8) is 0 Å². The molecule has 2 heterocycles. The van der Waals surface area contributed by atoms with Gasteiger partial charge in [0.25, 0.3) is 5.91 Å². The molecule has 0 atom stereocenters. The van der Waals surface area contributed by atoms with Crippen molar-refractivity contribution in [3.05, 3.63) is 76.3 Å². The molecule has 0 unspecified atom stereocenters. The highest BCUT2D eigenvalue weighted by Gasteiger charge is 2.34. The third-order valence-electron chi connectivity index (χ3n) is 6.17. The number of nitrogens with zero attached hydrogens (tertiary/aromatic N) is 4. The summed E-state index contributed by atoms with van der Waals surface area (Å²) in [5, 5.41) is 4.85. The zero-order valence-corrected chi connectivity index (χ0v) is 19.3. The molecule has 0 radical (unpaired) electrons. The number of aromatic nitrogens is 2. The van der Waals surface area contributed by atoms with E-state index in [9.17, 15) is 17.6 Å². The Kier molecular flexibility index (Phi) is 5.72. The van der Waals surface area contributed by atoms with E-state index >= 15 is 0 Å². The summed E-state index contributed by atoms with van der Waals surface area (Å²) in [5.74, 6) is -0.642. The maximum absolute atomic E-state index is 14.4. The molecule has 1 aromatic heterocycles. The molecule has 1 amide bonds. The molecule has 1 fully saturated rings. The van der Waals surface area contributed by atoms with Gasteiger partial charge in [-0.3, -0.25) is 4.79 Å². The minimum absolute atomic E-state index is 0.135. The van der Waals surface area contributed by atoms with Crippen LogP contribution in [0.15, 0.2) is 53.4 Å². The van der Waals surface area contributed by atoms with E-state index in [0.29, 0.717) is 22.8 Å². The van der Waals surface area contributed by atoms with Gasteiger partial charge in [-0.15, -0.1) is 0 Å². The second-order valence-corrected chi connectivity index (χ2v) is 10.5. The highest BCUT2D eigenvalue weighted by Crippen LogP contribution is 2.30. The number of rotatable bonds is 4. The van der Waals surface area contributed by atoms with Crippen molar-refractivity contribution in [2.45, 2.75) is 24.2 Å². The lowest BCUT2D eigenvalue weighted by Crippen LogP contribution is -2.50. The Balaban J connectivity index is 1.36. The zero-order valence-electron chi connectivity index (χ0n) is 17.7. The molecule has 2 aliphatic rings. The number of hydrogen-bond acceptors (Lipinski definition) is 4. The van der Waals surface area contributed by atoms with E-state index in [0.717, 1.165) is 24.1 Å². The lowest BCUT2D eigenvalue weighted by molar-refractivity contribution is 0.0690. The van der Waals surface area contributed by atoms with Crippen LogP contribution in [-0.4, -0.2) is 59.5 Å². The van der Waals surface area contributed by atoms with Gasteiger partial charge in [0.1, 0.15) is 11.5 Å². The van der Waals surface area contributed by atoms with Crippen LogP contribution >= 0.6 is 11.6 Å². The number of fused-ring (bicyclic) bond motifs is 1. The molecule has 0 bridgehead atoms. The average molecular weight is 489 g/mol. The van der Waals surface area contributed by atoms with E-state index in [4.69, 9.17) is 11.6 Å². The van der Waals surface area contributed by atoms with E-state index in [1.54, 1.807) is 39.9 Å². The molecular formula is C23H22ClFN4O3S. The Bertz CT molecular complexity index is 1330. The van der Waals surface area contributed by atoms with E-state index in [1.165, 1.54) is 22.5 Å². The molecule has 0 spiro atoms. The highest BCUT2D eigenvalue weighted by molar-refractivity contribution is 7.89. The number of sulfonamides is 1. The van der Waals surface area contributed by atoms with Crippen molar-refractivity contribution < 1.29 is 17.6 Å². The maximum Gasteiger partial charge on any atom is 0.274 e. The summed E-state index contributed by atoms with van der Waals surface area (Å²) in [7, 11) is -3.70. The largest absolute Gasteiger partial charge is 0.335 e. The van der Waals surface area contributed by atoms with Gasteiger partial charge in [0, 0.05) is 42.5 Å². The topological polar surface area (TPSA) is 75.5 Å². The quantitative estimate of drug-likeness (QED) is 0.564. The van der Waals surface area contributed by atoms with Crippen molar-refractivity contribution in [2.24, 2.45) is 0 Å². The number of hydrogen-bond donors (Lipinski definition) is 0. The first-order chi connectivity index (χ1) is 15.9. The van der Waals surface area contributed by atoms with Crippen LogP contribution in [-0.2, 0) is 22.9 Å². The first-order valence-electron chi connectivity index (χ1n) is 10.8. The zero-order chi connectivity index (χ0) is 23.2. The van der Waals surface area contributed by atoms with Gasteiger partial charge in [0.15, 0.2) is 5.69 Å². The van der Waals surface area contributed by atoms with Crippen LogP contribution in [0.4, 0.5) is 4.39 Å². The Hall–Kier alpha value is -2.75. The fourth-order valence-electron chi connectivity index (χ4n) is 4.49. The first kappa shape index (κ1) is 22.1. The van der Waals surface area contributed by atoms with Gasteiger partial charge < -0.3 is 4.90 Å². The molecule has 3 aromatic rings. The molecule has 0 saturated carbocycles. The van der Waals surface area contributed by atoms with Crippen LogP contribution in [0.5, 0.6) is 0 Å². The second-order valence-electron chi connectivity index (χ2n) is 8.14. The smallest absolute Gasteiger partial charge is 0.274 e. The van der Waals surface area contributed by atoms with Crippen molar-refractivity contribution in [1.82, 2.24) is 19.0 Å². The Morgan fingerprint density at radius 3 is 2.48 bits per heavy atom. The normalized spacial score (nSPS) is 16.7. The minimum Gasteiger partial charge on any atom is -0.335 e. The molecular weight excluding hydrogens is 467 g/mol. The third kappa shape index (κ3) is 3.94. The molecule has 1 saturated heterocycles. The van der Waals surface area contributed by atoms with Crippen molar-refractivity contribution >= 4 is 27.5 Å². The fraction of sp³-hybridized carbons (Fsp3) is 0.304. The maximum atomic E-state index is 14.4. The van der Waals surface area contributed by atoms with Gasteiger partial charge >= 0.3 is 0 Å². The predicted molar refractivity (Wildman–Crippen MR) is 122 cm³/mol. The third-order valence-corrected chi connectivity index (χ3v) is 8.30. The van der Waals surface area contributed by atoms with Crippen molar-refractivity contribution in [1.29, 1.82) is 0 Å². The molecule has 5 rings (SSSR count). The molecule has 1 aliphatic carbocycles.